The first kappa shape index (κ1) is 18.7. The number of aromatic nitrogens is 2. The standard InChI is InChI=1S/C23H18N4OS2/c1-2-27-21(28)20(12-16-13-24-18-11-7-6-10-17(16)18)30-23(27)26-22-25-19(14-29-22)15-8-4-3-5-9-15/h3-14,28H,2H2,1H3/b16-12+,26-23+. The van der Waals surface area contributed by atoms with E-state index in [0.717, 1.165) is 37.8 Å². The molecule has 5 nitrogen and oxygen atoms in total. The largest absolute Gasteiger partial charge is 0.493 e. The Morgan fingerprint density at radius 3 is 2.73 bits per heavy atom. The summed E-state index contributed by atoms with van der Waals surface area (Å²) in [7, 11) is 0. The molecule has 7 heteroatoms. The fraction of sp³-hybridized carbons (Fsp3) is 0.0870. The van der Waals surface area contributed by atoms with Gasteiger partial charge in [0.2, 0.25) is 11.0 Å². The minimum atomic E-state index is 0.214. The molecule has 0 spiro atoms. The monoisotopic (exact) mass is 430 g/mol. The number of fused-ring (bicyclic) bond motifs is 1. The molecule has 0 saturated carbocycles. The van der Waals surface area contributed by atoms with Gasteiger partial charge < -0.3 is 5.11 Å². The number of aromatic hydroxyl groups is 1. The summed E-state index contributed by atoms with van der Waals surface area (Å²) >= 11 is 2.94. The second-order valence-corrected chi connectivity index (χ2v) is 8.53. The highest BCUT2D eigenvalue weighted by Crippen LogP contribution is 2.34. The Balaban J connectivity index is 1.54. The Labute approximate surface area is 181 Å². The third-order valence-electron chi connectivity index (χ3n) is 4.82. The first-order valence-corrected chi connectivity index (χ1v) is 11.3. The first-order valence-electron chi connectivity index (χ1n) is 9.56. The van der Waals surface area contributed by atoms with E-state index < -0.39 is 0 Å². The van der Waals surface area contributed by atoms with Crippen molar-refractivity contribution in [3.63, 3.8) is 0 Å². The molecule has 0 unspecified atom stereocenters. The number of hydrogen-bond acceptors (Lipinski definition) is 6. The summed E-state index contributed by atoms with van der Waals surface area (Å²) in [6, 6.07) is 18.1. The van der Waals surface area contributed by atoms with Crippen molar-refractivity contribution >= 4 is 51.4 Å². The smallest absolute Gasteiger partial charge is 0.212 e. The molecule has 1 N–H and O–H groups in total. The highest BCUT2D eigenvalue weighted by Gasteiger charge is 2.15. The molecule has 0 atom stereocenters. The topological polar surface area (TPSA) is 62.8 Å². The number of para-hydroxylation sites is 1. The average molecular weight is 431 g/mol. The summed E-state index contributed by atoms with van der Waals surface area (Å²) in [5.41, 5.74) is 4.97. The number of nitrogens with zero attached hydrogens (tertiary/aromatic N) is 4. The number of aliphatic imine (C=N–C) groups is 1. The fourth-order valence-electron chi connectivity index (χ4n) is 3.32. The molecule has 0 saturated heterocycles. The third kappa shape index (κ3) is 3.42. The molecule has 148 valence electrons. The van der Waals surface area contributed by atoms with Crippen LogP contribution in [0.1, 0.15) is 17.4 Å². The summed E-state index contributed by atoms with van der Waals surface area (Å²) in [4.78, 5) is 15.3. The average Bonchev–Trinajstić information content (AvgIpc) is 3.48. The summed E-state index contributed by atoms with van der Waals surface area (Å²) in [5, 5.41) is 13.5. The van der Waals surface area contributed by atoms with Gasteiger partial charge in [0, 0.05) is 34.8 Å². The molecular formula is C23H18N4OS2. The maximum Gasteiger partial charge on any atom is 0.212 e. The van der Waals surface area contributed by atoms with Gasteiger partial charge in [-0.05, 0) is 19.1 Å². The minimum absolute atomic E-state index is 0.214. The summed E-state index contributed by atoms with van der Waals surface area (Å²) in [6.07, 6.45) is 3.81. The molecule has 1 aliphatic heterocycles. The van der Waals surface area contributed by atoms with E-state index in [9.17, 15) is 5.11 Å². The molecule has 0 amide bonds. The normalized spacial score (nSPS) is 14.6. The van der Waals surface area contributed by atoms with Crippen molar-refractivity contribution in [1.29, 1.82) is 0 Å². The van der Waals surface area contributed by atoms with Crippen LogP contribution in [0.15, 0.2) is 70.0 Å². The molecule has 0 fully saturated rings. The molecule has 0 radical (unpaired) electrons. The van der Waals surface area contributed by atoms with Crippen LogP contribution in [-0.4, -0.2) is 20.9 Å². The van der Waals surface area contributed by atoms with Gasteiger partial charge in [-0.15, -0.1) is 11.3 Å². The predicted molar refractivity (Wildman–Crippen MR) is 125 cm³/mol. The van der Waals surface area contributed by atoms with Crippen molar-refractivity contribution < 1.29 is 5.11 Å². The number of benzene rings is 2. The molecule has 0 bridgehead atoms. The molecular weight excluding hydrogens is 412 g/mol. The van der Waals surface area contributed by atoms with Gasteiger partial charge >= 0.3 is 0 Å². The zero-order valence-corrected chi connectivity index (χ0v) is 17.8. The Bertz CT molecular complexity index is 1340. The minimum Gasteiger partial charge on any atom is -0.493 e. The maximum atomic E-state index is 10.8. The highest BCUT2D eigenvalue weighted by atomic mass is 32.1. The van der Waals surface area contributed by atoms with E-state index in [-0.39, 0.29) is 5.88 Å². The van der Waals surface area contributed by atoms with Crippen LogP contribution >= 0.6 is 22.7 Å². The molecule has 1 aliphatic rings. The second-order valence-electron chi connectivity index (χ2n) is 6.68. The third-order valence-corrected chi connectivity index (χ3v) is 6.57. The van der Waals surface area contributed by atoms with Gasteiger partial charge in [-0.2, -0.15) is 4.99 Å². The van der Waals surface area contributed by atoms with Crippen LogP contribution in [0.4, 0.5) is 10.8 Å². The van der Waals surface area contributed by atoms with Crippen molar-refractivity contribution in [2.24, 2.45) is 9.98 Å². The van der Waals surface area contributed by atoms with E-state index >= 15 is 0 Å². The van der Waals surface area contributed by atoms with Crippen LogP contribution in [0.3, 0.4) is 0 Å². The fourth-order valence-corrected chi connectivity index (χ4v) is 5.11. The van der Waals surface area contributed by atoms with E-state index in [1.54, 1.807) is 4.57 Å². The van der Waals surface area contributed by atoms with Crippen molar-refractivity contribution in [3.05, 3.63) is 75.2 Å². The van der Waals surface area contributed by atoms with Crippen LogP contribution in [0.25, 0.3) is 22.9 Å². The molecule has 5 rings (SSSR count). The molecule has 4 aromatic rings. The van der Waals surface area contributed by atoms with Crippen molar-refractivity contribution in [2.45, 2.75) is 13.5 Å². The lowest BCUT2D eigenvalue weighted by atomic mass is 10.1. The van der Waals surface area contributed by atoms with Crippen molar-refractivity contribution in [2.75, 3.05) is 0 Å². The molecule has 30 heavy (non-hydrogen) atoms. The van der Waals surface area contributed by atoms with Crippen LogP contribution in [0.2, 0.25) is 0 Å². The zero-order valence-electron chi connectivity index (χ0n) is 16.2. The van der Waals surface area contributed by atoms with Crippen LogP contribution in [0, 0.1) is 0 Å². The number of rotatable bonds is 4. The SMILES string of the molecule is CCn1c(O)c(/C=C2\C=Nc3ccccc32)s/c1=N/c1nc(-c2ccccc2)cs1. The lowest BCUT2D eigenvalue weighted by Gasteiger charge is -2.00. The highest BCUT2D eigenvalue weighted by molar-refractivity contribution is 7.14. The van der Waals surface area contributed by atoms with Gasteiger partial charge in [0.25, 0.3) is 0 Å². The van der Waals surface area contributed by atoms with Crippen molar-refractivity contribution in [1.82, 2.24) is 9.55 Å². The van der Waals surface area contributed by atoms with Crippen LogP contribution < -0.4 is 4.80 Å². The Morgan fingerprint density at radius 1 is 1.10 bits per heavy atom. The van der Waals surface area contributed by atoms with E-state index in [4.69, 9.17) is 4.99 Å². The zero-order chi connectivity index (χ0) is 20.5. The number of hydrogen-bond donors (Lipinski definition) is 1. The van der Waals surface area contributed by atoms with Gasteiger partial charge in [0.05, 0.1) is 16.3 Å². The van der Waals surface area contributed by atoms with E-state index in [1.807, 2.05) is 79.2 Å². The lowest BCUT2D eigenvalue weighted by molar-refractivity contribution is 0.416. The van der Waals surface area contributed by atoms with Crippen LogP contribution in [0.5, 0.6) is 5.88 Å². The van der Waals surface area contributed by atoms with E-state index in [0.29, 0.717) is 11.7 Å². The lowest BCUT2D eigenvalue weighted by Crippen LogP contribution is -2.12. The summed E-state index contributed by atoms with van der Waals surface area (Å²) < 4.78 is 1.80. The Morgan fingerprint density at radius 2 is 1.90 bits per heavy atom. The van der Waals surface area contributed by atoms with Gasteiger partial charge in [-0.1, -0.05) is 59.9 Å². The van der Waals surface area contributed by atoms with Gasteiger partial charge in [0.1, 0.15) is 0 Å². The quantitative estimate of drug-likeness (QED) is 0.439. The Kier molecular flexibility index (Phi) is 4.90. The van der Waals surface area contributed by atoms with Gasteiger partial charge in [-0.25, -0.2) is 4.98 Å². The molecule has 0 aliphatic carbocycles. The molecule has 2 aromatic heterocycles. The summed E-state index contributed by atoms with van der Waals surface area (Å²) in [6.45, 7) is 2.61. The van der Waals surface area contributed by atoms with E-state index in [1.165, 1.54) is 22.7 Å². The predicted octanol–water partition coefficient (Wildman–Crippen LogP) is 5.89. The maximum absolute atomic E-state index is 10.8. The molecule has 2 aromatic carbocycles. The first-order chi connectivity index (χ1) is 14.7. The second kappa shape index (κ2) is 7.85. The van der Waals surface area contributed by atoms with Crippen molar-refractivity contribution in [3.8, 4) is 17.1 Å². The van der Waals surface area contributed by atoms with Crippen LogP contribution in [-0.2, 0) is 6.54 Å². The summed E-state index contributed by atoms with van der Waals surface area (Å²) in [5.74, 6) is 0.214. The number of allylic oxidation sites excluding steroid dienone is 1. The number of thiazole rings is 2. The van der Waals surface area contributed by atoms with E-state index in [2.05, 4.69) is 9.98 Å². The molecule has 3 heterocycles. The Hall–Kier alpha value is -3.29. The van der Waals surface area contributed by atoms with Gasteiger partial charge in [-0.3, -0.25) is 9.56 Å². The van der Waals surface area contributed by atoms with Gasteiger partial charge in [0.15, 0.2) is 4.80 Å².